The number of hydrogen-bond donors (Lipinski definition) is 1. The Morgan fingerprint density at radius 2 is 1.78 bits per heavy atom. The summed E-state index contributed by atoms with van der Waals surface area (Å²) < 4.78 is 13.1. The molecule has 0 radical (unpaired) electrons. The first-order chi connectivity index (χ1) is 17.6. The van der Waals surface area contributed by atoms with Crippen LogP contribution in [0.25, 0.3) is 22.6 Å². The van der Waals surface area contributed by atoms with Gasteiger partial charge in [-0.05, 0) is 67.8 Å². The van der Waals surface area contributed by atoms with Gasteiger partial charge in [0.25, 0.3) is 5.91 Å². The normalized spacial score (nSPS) is 14.6. The Bertz CT molecular complexity index is 1370. The van der Waals surface area contributed by atoms with Gasteiger partial charge in [0.2, 0.25) is 0 Å². The van der Waals surface area contributed by atoms with E-state index in [9.17, 15) is 4.79 Å². The predicted octanol–water partition coefficient (Wildman–Crippen LogP) is 6.53. The molecule has 0 saturated heterocycles. The molecule has 8 heteroatoms. The number of imidazole rings is 1. The first-order valence-electron chi connectivity index (χ1n) is 12.5. The van der Waals surface area contributed by atoms with Gasteiger partial charge in [0, 0.05) is 17.8 Å². The van der Waals surface area contributed by atoms with Crippen LogP contribution in [-0.4, -0.2) is 34.7 Å². The first-order valence-corrected chi connectivity index (χ1v) is 12.5. The summed E-state index contributed by atoms with van der Waals surface area (Å²) in [6.45, 7) is 1.95. The van der Waals surface area contributed by atoms with Crippen LogP contribution in [0.5, 0.6) is 11.5 Å². The number of ether oxygens (including phenoxy) is 2. The van der Waals surface area contributed by atoms with Crippen molar-refractivity contribution >= 4 is 29.3 Å². The Morgan fingerprint density at radius 3 is 2.49 bits per heavy atom. The summed E-state index contributed by atoms with van der Waals surface area (Å²) in [5, 5.41) is 3.10. The van der Waals surface area contributed by atoms with Crippen molar-refractivity contribution < 1.29 is 14.3 Å². The fraction of sp³-hybridized carbons (Fsp3) is 0.345. The number of fused-ring (bicyclic) bond motifs is 1. The summed E-state index contributed by atoms with van der Waals surface area (Å²) in [5.74, 6) is 2.01. The highest BCUT2D eigenvalue weighted by atomic mass is 35.5. The minimum Gasteiger partial charge on any atom is -0.493 e. The van der Waals surface area contributed by atoms with Crippen LogP contribution in [0.3, 0.4) is 0 Å². The van der Waals surface area contributed by atoms with Crippen LogP contribution in [0.1, 0.15) is 67.0 Å². The predicted molar refractivity (Wildman–Crippen MR) is 148 cm³/mol. The lowest BCUT2D eigenvalue weighted by Crippen LogP contribution is -2.26. The fourth-order valence-electron chi connectivity index (χ4n) is 5.11. The topological polar surface area (TPSA) is 78.3 Å². The third-order valence-corrected chi connectivity index (χ3v) is 7.04. The summed E-state index contributed by atoms with van der Waals surface area (Å²) in [6, 6.07) is 17.6. The molecule has 0 aliphatic heterocycles. The third kappa shape index (κ3) is 5.42. The van der Waals surface area contributed by atoms with E-state index in [4.69, 9.17) is 14.5 Å². The van der Waals surface area contributed by atoms with E-state index in [0.29, 0.717) is 23.1 Å². The molecule has 1 saturated carbocycles. The number of benzene rings is 2. The maximum Gasteiger partial charge on any atom is 0.251 e. The molecule has 0 unspecified atom stereocenters. The van der Waals surface area contributed by atoms with Crippen molar-refractivity contribution in [3.05, 3.63) is 71.9 Å². The number of methoxy groups -OCH3 is 2. The smallest absolute Gasteiger partial charge is 0.251 e. The summed E-state index contributed by atoms with van der Waals surface area (Å²) >= 11 is 0. The maximum absolute atomic E-state index is 13.2. The second-order valence-electron chi connectivity index (χ2n) is 9.33. The van der Waals surface area contributed by atoms with Crippen molar-refractivity contribution in [3.63, 3.8) is 0 Å². The number of rotatable bonds is 7. The molecular weight excluding hydrogens is 488 g/mol. The Balaban J connectivity index is 0.00000320. The second kappa shape index (κ2) is 11.6. The zero-order chi connectivity index (χ0) is 25.1. The minimum absolute atomic E-state index is 0. The van der Waals surface area contributed by atoms with E-state index in [1.165, 1.54) is 19.3 Å². The van der Waals surface area contributed by atoms with Crippen molar-refractivity contribution in [1.82, 2.24) is 19.9 Å². The molecule has 5 rings (SSSR count). The highest BCUT2D eigenvalue weighted by molar-refractivity contribution is 5.98. The van der Waals surface area contributed by atoms with Crippen molar-refractivity contribution in [2.24, 2.45) is 0 Å². The van der Waals surface area contributed by atoms with Crippen LogP contribution in [0.4, 0.5) is 0 Å². The summed E-state index contributed by atoms with van der Waals surface area (Å²) in [7, 11) is 3.21. The molecule has 2 aromatic carbocycles. The van der Waals surface area contributed by atoms with Crippen molar-refractivity contribution in [1.29, 1.82) is 0 Å². The summed E-state index contributed by atoms with van der Waals surface area (Å²) in [6.07, 6.45) is 7.80. The standard InChI is InChI=1S/C29H32N4O3.ClH/c1-19(20-13-15-26(35-2)27(18-20)36-3)31-29(34)21-12-14-25-24(17-21)32-28(23-11-7-8-16-30-23)33(25)22-9-5-4-6-10-22;/h7-8,11-19,22H,4-6,9-10H2,1-3H3,(H,31,34);1H/t19-;/m1./s1. The van der Waals surface area contributed by atoms with E-state index < -0.39 is 0 Å². The van der Waals surface area contributed by atoms with E-state index in [-0.39, 0.29) is 24.4 Å². The molecule has 2 aromatic heterocycles. The summed E-state index contributed by atoms with van der Waals surface area (Å²) in [4.78, 5) is 22.7. The summed E-state index contributed by atoms with van der Waals surface area (Å²) in [5.41, 5.74) is 4.23. The number of aromatic nitrogens is 3. The molecule has 7 nitrogen and oxygen atoms in total. The average Bonchev–Trinajstić information content (AvgIpc) is 3.32. The average molecular weight is 521 g/mol. The van der Waals surface area contributed by atoms with E-state index >= 15 is 0 Å². The van der Waals surface area contributed by atoms with Crippen LogP contribution >= 0.6 is 12.4 Å². The van der Waals surface area contributed by atoms with E-state index in [1.54, 1.807) is 20.4 Å². The lowest BCUT2D eigenvalue weighted by molar-refractivity contribution is 0.0940. The lowest BCUT2D eigenvalue weighted by Gasteiger charge is -2.25. The zero-order valence-electron chi connectivity index (χ0n) is 21.4. The van der Waals surface area contributed by atoms with Crippen LogP contribution in [-0.2, 0) is 0 Å². The Hall–Kier alpha value is -3.58. The maximum atomic E-state index is 13.2. The van der Waals surface area contributed by atoms with Gasteiger partial charge in [-0.25, -0.2) is 4.98 Å². The number of nitrogens with zero attached hydrogens (tertiary/aromatic N) is 3. The molecule has 1 amide bonds. The molecule has 1 atom stereocenters. The Labute approximate surface area is 223 Å². The minimum atomic E-state index is -0.211. The molecule has 1 aliphatic carbocycles. The van der Waals surface area contributed by atoms with Gasteiger partial charge in [0.05, 0.1) is 31.3 Å². The van der Waals surface area contributed by atoms with Gasteiger partial charge in [0.1, 0.15) is 5.69 Å². The van der Waals surface area contributed by atoms with Crippen molar-refractivity contribution in [2.45, 2.75) is 51.1 Å². The number of carbonyl (C=O) groups is 1. The highest BCUT2D eigenvalue weighted by Crippen LogP contribution is 2.36. The number of hydrogen-bond acceptors (Lipinski definition) is 5. The Kier molecular flexibility index (Phi) is 8.34. The number of nitrogens with one attached hydrogen (secondary N) is 1. The van der Waals surface area contributed by atoms with Crippen LogP contribution in [0.15, 0.2) is 60.8 Å². The molecule has 4 aromatic rings. The van der Waals surface area contributed by atoms with E-state index in [1.807, 2.05) is 61.5 Å². The van der Waals surface area contributed by atoms with Crippen LogP contribution in [0.2, 0.25) is 0 Å². The van der Waals surface area contributed by atoms with E-state index in [2.05, 4.69) is 14.9 Å². The molecule has 2 heterocycles. The molecule has 1 aliphatic rings. The number of pyridine rings is 1. The second-order valence-corrected chi connectivity index (χ2v) is 9.33. The molecular formula is C29H33ClN4O3. The molecule has 1 N–H and O–H groups in total. The highest BCUT2D eigenvalue weighted by Gasteiger charge is 2.24. The molecule has 194 valence electrons. The monoisotopic (exact) mass is 520 g/mol. The molecule has 1 fully saturated rings. The van der Waals surface area contributed by atoms with Crippen molar-refractivity contribution in [2.75, 3.05) is 14.2 Å². The van der Waals surface area contributed by atoms with Gasteiger partial charge in [-0.3, -0.25) is 9.78 Å². The zero-order valence-corrected chi connectivity index (χ0v) is 22.3. The van der Waals surface area contributed by atoms with Gasteiger partial charge in [0.15, 0.2) is 17.3 Å². The first kappa shape index (κ1) is 26.5. The van der Waals surface area contributed by atoms with Crippen molar-refractivity contribution in [3.8, 4) is 23.0 Å². The third-order valence-electron chi connectivity index (χ3n) is 7.04. The van der Waals surface area contributed by atoms with Crippen LogP contribution in [0, 0.1) is 0 Å². The Morgan fingerprint density at radius 1 is 1.00 bits per heavy atom. The molecule has 0 bridgehead atoms. The van der Waals surface area contributed by atoms with Gasteiger partial charge in [-0.1, -0.05) is 31.4 Å². The van der Waals surface area contributed by atoms with Gasteiger partial charge in [-0.15, -0.1) is 12.4 Å². The van der Waals surface area contributed by atoms with Gasteiger partial charge < -0.3 is 19.4 Å². The lowest BCUT2D eigenvalue weighted by atomic mass is 9.95. The fourth-order valence-corrected chi connectivity index (χ4v) is 5.11. The number of amides is 1. The van der Waals surface area contributed by atoms with E-state index in [0.717, 1.165) is 41.0 Å². The quantitative estimate of drug-likeness (QED) is 0.299. The molecule has 37 heavy (non-hydrogen) atoms. The van der Waals surface area contributed by atoms with Gasteiger partial charge in [-0.2, -0.15) is 0 Å². The van der Waals surface area contributed by atoms with Gasteiger partial charge >= 0.3 is 0 Å². The molecule has 0 spiro atoms. The largest absolute Gasteiger partial charge is 0.493 e. The van der Waals surface area contributed by atoms with Crippen LogP contribution < -0.4 is 14.8 Å². The SMILES string of the molecule is COc1ccc([C@@H](C)NC(=O)c2ccc3c(c2)nc(-c2ccccn2)n3C2CCCCC2)cc1OC.Cl. The number of halogens is 1. The number of carbonyl (C=O) groups excluding carboxylic acids is 1.